The van der Waals surface area contributed by atoms with E-state index < -0.39 is 39.5 Å². The van der Waals surface area contributed by atoms with Crippen LogP contribution in [0.15, 0.2) is 58.3 Å². The van der Waals surface area contributed by atoms with Crippen LogP contribution in [0.5, 0.6) is 0 Å². The van der Waals surface area contributed by atoms with Gasteiger partial charge in [0, 0.05) is 9.79 Å². The SMILES string of the molecule is CCOC(=O)C(C)N(c1ccc(Sc2ccccc2)cc1C(F)(F)F)S(C)(=O)=O. The predicted octanol–water partition coefficient (Wildman–Crippen LogP) is 4.57. The van der Waals surface area contributed by atoms with Crippen LogP contribution in [0.4, 0.5) is 18.9 Å². The fourth-order valence-corrected chi connectivity index (χ4v) is 4.71. The number of nitrogens with zero attached hydrogens (tertiary/aromatic N) is 1. The van der Waals surface area contributed by atoms with Crippen molar-refractivity contribution in [2.75, 3.05) is 17.2 Å². The Balaban J connectivity index is 2.57. The van der Waals surface area contributed by atoms with E-state index in [-0.39, 0.29) is 11.5 Å². The number of carbonyl (C=O) groups is 1. The molecular weight excluding hydrogens is 427 g/mol. The maximum atomic E-state index is 13.8. The molecule has 0 amide bonds. The van der Waals surface area contributed by atoms with Crippen LogP contribution in [-0.2, 0) is 25.7 Å². The molecule has 0 fully saturated rings. The smallest absolute Gasteiger partial charge is 0.418 e. The van der Waals surface area contributed by atoms with Gasteiger partial charge in [0.2, 0.25) is 10.0 Å². The van der Waals surface area contributed by atoms with E-state index in [0.717, 1.165) is 35.0 Å². The van der Waals surface area contributed by atoms with Crippen molar-refractivity contribution in [1.82, 2.24) is 0 Å². The van der Waals surface area contributed by atoms with Gasteiger partial charge in [0.15, 0.2) is 0 Å². The highest BCUT2D eigenvalue weighted by Gasteiger charge is 2.40. The van der Waals surface area contributed by atoms with Crippen LogP contribution in [0, 0.1) is 0 Å². The predicted molar refractivity (Wildman–Crippen MR) is 105 cm³/mol. The first-order chi connectivity index (χ1) is 13.4. The number of sulfonamides is 1. The van der Waals surface area contributed by atoms with Crippen LogP contribution in [0.3, 0.4) is 0 Å². The third-order valence-corrected chi connectivity index (χ3v) is 6.05. The van der Waals surface area contributed by atoms with Gasteiger partial charge in [-0.25, -0.2) is 13.2 Å². The van der Waals surface area contributed by atoms with Crippen molar-refractivity contribution in [3.05, 3.63) is 54.1 Å². The van der Waals surface area contributed by atoms with Crippen molar-refractivity contribution in [1.29, 1.82) is 0 Å². The van der Waals surface area contributed by atoms with Gasteiger partial charge in [-0.15, -0.1) is 0 Å². The average molecular weight is 448 g/mol. The van der Waals surface area contributed by atoms with Gasteiger partial charge < -0.3 is 4.74 Å². The highest BCUT2D eigenvalue weighted by atomic mass is 32.2. The van der Waals surface area contributed by atoms with E-state index in [2.05, 4.69) is 0 Å². The van der Waals surface area contributed by atoms with Gasteiger partial charge in [0.1, 0.15) is 6.04 Å². The number of carbonyl (C=O) groups excluding carboxylic acids is 1. The third-order valence-electron chi connectivity index (χ3n) is 3.83. The molecule has 0 aliphatic rings. The van der Waals surface area contributed by atoms with Crippen LogP contribution in [-0.4, -0.2) is 33.3 Å². The maximum absolute atomic E-state index is 13.8. The minimum Gasteiger partial charge on any atom is -0.464 e. The largest absolute Gasteiger partial charge is 0.464 e. The van der Waals surface area contributed by atoms with Crippen molar-refractivity contribution in [2.45, 2.75) is 35.9 Å². The van der Waals surface area contributed by atoms with Crippen LogP contribution in [0.1, 0.15) is 19.4 Å². The van der Waals surface area contributed by atoms with Crippen LogP contribution < -0.4 is 4.31 Å². The molecule has 0 aliphatic carbocycles. The fourth-order valence-electron chi connectivity index (χ4n) is 2.66. The zero-order chi connectivity index (χ0) is 21.8. The summed E-state index contributed by atoms with van der Waals surface area (Å²) >= 11 is 1.11. The van der Waals surface area contributed by atoms with Gasteiger partial charge >= 0.3 is 12.1 Å². The number of ether oxygens (including phenoxy) is 1. The van der Waals surface area contributed by atoms with Crippen molar-refractivity contribution in [3.8, 4) is 0 Å². The second kappa shape index (κ2) is 9.08. The van der Waals surface area contributed by atoms with E-state index in [4.69, 9.17) is 4.74 Å². The maximum Gasteiger partial charge on any atom is 0.418 e. The minimum absolute atomic E-state index is 0.0282. The number of rotatable bonds is 7. The number of alkyl halides is 3. The number of hydrogen-bond donors (Lipinski definition) is 0. The summed E-state index contributed by atoms with van der Waals surface area (Å²) in [5.74, 6) is -0.936. The first kappa shape index (κ1) is 23.1. The summed E-state index contributed by atoms with van der Waals surface area (Å²) in [6.45, 7) is 2.68. The quantitative estimate of drug-likeness (QED) is 0.582. The van der Waals surface area contributed by atoms with Gasteiger partial charge in [-0.05, 0) is 44.2 Å². The Morgan fingerprint density at radius 1 is 1.14 bits per heavy atom. The van der Waals surface area contributed by atoms with Crippen molar-refractivity contribution in [3.63, 3.8) is 0 Å². The molecule has 2 aromatic rings. The second-order valence-electron chi connectivity index (χ2n) is 6.08. The van der Waals surface area contributed by atoms with E-state index in [9.17, 15) is 26.4 Å². The average Bonchev–Trinajstić information content (AvgIpc) is 2.62. The Morgan fingerprint density at radius 2 is 1.76 bits per heavy atom. The summed E-state index contributed by atoms with van der Waals surface area (Å²) in [7, 11) is -4.21. The summed E-state index contributed by atoms with van der Waals surface area (Å²) in [5.41, 5.74) is -1.78. The molecule has 158 valence electrons. The molecule has 1 atom stereocenters. The number of anilines is 1. The zero-order valence-electron chi connectivity index (χ0n) is 15.9. The second-order valence-corrected chi connectivity index (χ2v) is 9.09. The normalized spacial score (nSPS) is 13.0. The van der Waals surface area contributed by atoms with Crippen molar-refractivity contribution >= 4 is 33.4 Å². The topological polar surface area (TPSA) is 63.7 Å². The molecule has 0 aromatic heterocycles. The Kier molecular flexibility index (Phi) is 7.23. The highest BCUT2D eigenvalue weighted by molar-refractivity contribution is 7.99. The molecule has 0 radical (unpaired) electrons. The number of halogens is 3. The number of benzene rings is 2. The summed E-state index contributed by atoms with van der Waals surface area (Å²) in [6.07, 6.45) is -4.09. The fraction of sp³-hybridized carbons (Fsp3) is 0.316. The van der Waals surface area contributed by atoms with Crippen LogP contribution >= 0.6 is 11.8 Å². The monoisotopic (exact) mass is 447 g/mol. The molecule has 10 heteroatoms. The van der Waals surface area contributed by atoms with Crippen molar-refractivity contribution < 1.29 is 31.1 Å². The van der Waals surface area contributed by atoms with Crippen LogP contribution in [0.2, 0.25) is 0 Å². The van der Waals surface area contributed by atoms with Gasteiger partial charge in [0.25, 0.3) is 0 Å². The highest BCUT2D eigenvalue weighted by Crippen LogP contribution is 2.41. The molecule has 0 spiro atoms. The molecular formula is C19H20F3NO4S2. The molecule has 2 rings (SSSR count). The van der Waals surface area contributed by atoms with E-state index in [1.54, 1.807) is 30.3 Å². The van der Waals surface area contributed by atoms with Gasteiger partial charge in [-0.1, -0.05) is 30.0 Å². The summed E-state index contributed by atoms with van der Waals surface area (Å²) in [6, 6.07) is 10.7. The Morgan fingerprint density at radius 3 is 2.28 bits per heavy atom. The third kappa shape index (κ3) is 5.89. The lowest BCUT2D eigenvalue weighted by Gasteiger charge is -2.30. The summed E-state index contributed by atoms with van der Waals surface area (Å²) in [5, 5.41) is 0. The molecule has 29 heavy (non-hydrogen) atoms. The van der Waals surface area contributed by atoms with Gasteiger partial charge in [0.05, 0.1) is 24.1 Å². The van der Waals surface area contributed by atoms with E-state index in [1.165, 1.54) is 19.9 Å². The Labute approximate surface area is 171 Å². The molecule has 0 N–H and O–H groups in total. The molecule has 5 nitrogen and oxygen atoms in total. The molecule has 0 heterocycles. The lowest BCUT2D eigenvalue weighted by molar-refractivity contribution is -0.144. The molecule has 0 aliphatic heterocycles. The molecule has 0 saturated carbocycles. The Hall–Kier alpha value is -2.20. The first-order valence-electron chi connectivity index (χ1n) is 8.55. The standard InChI is InChI=1S/C19H20F3NO4S2/c1-4-27-18(24)13(2)23(29(3,25)26)17-11-10-15(12-16(17)19(20,21)22)28-14-8-6-5-7-9-14/h5-13H,4H2,1-3H3. The number of hydrogen-bond acceptors (Lipinski definition) is 5. The summed E-state index contributed by atoms with van der Waals surface area (Å²) < 4.78 is 71.2. The van der Waals surface area contributed by atoms with E-state index in [0.29, 0.717) is 4.31 Å². The zero-order valence-corrected chi connectivity index (χ0v) is 17.6. The molecule has 2 aromatic carbocycles. The Bertz CT molecular complexity index is 963. The number of esters is 1. The van der Waals surface area contributed by atoms with Gasteiger partial charge in [-0.2, -0.15) is 13.2 Å². The first-order valence-corrected chi connectivity index (χ1v) is 11.2. The minimum atomic E-state index is -4.83. The van der Waals surface area contributed by atoms with Crippen molar-refractivity contribution in [2.24, 2.45) is 0 Å². The molecule has 0 bridgehead atoms. The van der Waals surface area contributed by atoms with Crippen LogP contribution in [0.25, 0.3) is 0 Å². The van der Waals surface area contributed by atoms with Gasteiger partial charge in [-0.3, -0.25) is 4.31 Å². The lowest BCUT2D eigenvalue weighted by Crippen LogP contribution is -2.44. The summed E-state index contributed by atoms with van der Waals surface area (Å²) in [4.78, 5) is 13.1. The van der Waals surface area contributed by atoms with E-state index >= 15 is 0 Å². The molecule has 1 unspecified atom stereocenters. The lowest BCUT2D eigenvalue weighted by atomic mass is 10.1. The van der Waals surface area contributed by atoms with E-state index in [1.807, 2.05) is 0 Å². The molecule has 0 saturated heterocycles.